The van der Waals surface area contributed by atoms with E-state index in [1.165, 1.54) is 0 Å². The number of rotatable bonds is 7. The lowest BCUT2D eigenvalue weighted by atomic mass is 10.1. The molecule has 5 heteroatoms. The fraction of sp³-hybridized carbons (Fsp3) is 0.261. The van der Waals surface area contributed by atoms with E-state index in [9.17, 15) is 9.90 Å². The van der Waals surface area contributed by atoms with E-state index in [-0.39, 0.29) is 11.7 Å². The monoisotopic (exact) mass is 379 g/mol. The summed E-state index contributed by atoms with van der Waals surface area (Å²) in [6, 6.07) is 17.3. The molecule has 146 valence electrons. The predicted molar refractivity (Wildman–Crippen MR) is 109 cm³/mol. The largest absolute Gasteiger partial charge is 0.508 e. The van der Waals surface area contributed by atoms with Crippen molar-refractivity contribution in [3.8, 4) is 28.4 Å². The van der Waals surface area contributed by atoms with E-state index in [4.69, 9.17) is 9.47 Å². The number of nitrogens with zero attached hydrogens (tertiary/aromatic N) is 1. The van der Waals surface area contributed by atoms with Gasteiger partial charge < -0.3 is 19.1 Å². The van der Waals surface area contributed by atoms with E-state index in [0.29, 0.717) is 19.4 Å². The molecule has 0 fully saturated rings. The third-order valence-corrected chi connectivity index (χ3v) is 4.66. The zero-order valence-electron chi connectivity index (χ0n) is 16.4. The molecule has 0 aliphatic carbocycles. The van der Waals surface area contributed by atoms with E-state index in [2.05, 4.69) is 10.6 Å². The number of hydrogen-bond acceptors (Lipinski definition) is 4. The Morgan fingerprint density at radius 2 is 1.82 bits per heavy atom. The van der Waals surface area contributed by atoms with Gasteiger partial charge in [-0.25, -0.2) is 0 Å². The molecule has 2 aromatic carbocycles. The minimum Gasteiger partial charge on any atom is -0.508 e. The summed E-state index contributed by atoms with van der Waals surface area (Å²) in [5.41, 5.74) is 4.97. The molecule has 0 aliphatic heterocycles. The van der Waals surface area contributed by atoms with E-state index in [1.807, 2.05) is 50.2 Å². The molecule has 3 rings (SSSR count). The summed E-state index contributed by atoms with van der Waals surface area (Å²) in [6.45, 7) is 4.15. The van der Waals surface area contributed by atoms with Crippen molar-refractivity contribution in [1.29, 1.82) is 0 Å². The number of carbonyl (C=O) groups excluding carboxylic acids is 1. The number of ether oxygens (including phenoxy) is 2. The predicted octanol–water partition coefficient (Wildman–Crippen LogP) is 4.66. The van der Waals surface area contributed by atoms with Gasteiger partial charge in [-0.3, -0.25) is 4.79 Å². The van der Waals surface area contributed by atoms with E-state index in [1.54, 1.807) is 19.2 Å². The quantitative estimate of drug-likeness (QED) is 0.607. The second kappa shape index (κ2) is 8.65. The molecule has 0 radical (unpaired) electrons. The first-order chi connectivity index (χ1) is 13.5. The molecule has 0 spiro atoms. The van der Waals surface area contributed by atoms with Crippen LogP contribution >= 0.6 is 0 Å². The fourth-order valence-electron chi connectivity index (χ4n) is 3.30. The number of aromatic nitrogens is 1. The molecule has 0 saturated carbocycles. The van der Waals surface area contributed by atoms with Crippen molar-refractivity contribution in [2.45, 2.75) is 26.7 Å². The van der Waals surface area contributed by atoms with Gasteiger partial charge in [0.15, 0.2) is 0 Å². The average Bonchev–Trinajstić information content (AvgIpc) is 3.10. The van der Waals surface area contributed by atoms with Crippen LogP contribution in [0.4, 0.5) is 0 Å². The standard InChI is InChI=1S/C23H25NO4/c1-4-28-23(26)14-8-18-7-12-22(17-5-10-20(27-3)11-6-17)24(18)21-13-9-19(25)15-16(21)2/h5-7,9-13,15,25H,4,8,14H2,1-3H3. The topological polar surface area (TPSA) is 60.7 Å². The number of methoxy groups -OCH3 is 1. The van der Waals surface area contributed by atoms with Gasteiger partial charge >= 0.3 is 5.97 Å². The van der Waals surface area contributed by atoms with Crippen LogP contribution in [0.25, 0.3) is 16.9 Å². The average molecular weight is 379 g/mol. The summed E-state index contributed by atoms with van der Waals surface area (Å²) < 4.78 is 12.5. The van der Waals surface area contributed by atoms with Gasteiger partial charge in [-0.1, -0.05) is 0 Å². The van der Waals surface area contributed by atoms with Crippen LogP contribution in [0.2, 0.25) is 0 Å². The molecule has 0 amide bonds. The van der Waals surface area contributed by atoms with Gasteiger partial charge in [-0.2, -0.15) is 0 Å². The fourth-order valence-corrected chi connectivity index (χ4v) is 3.30. The van der Waals surface area contributed by atoms with E-state index >= 15 is 0 Å². The SMILES string of the molecule is CCOC(=O)CCc1ccc(-c2ccc(OC)cc2)n1-c1ccc(O)cc1C. The Bertz CT molecular complexity index is 957. The van der Waals surface area contributed by atoms with Crippen LogP contribution in [0.15, 0.2) is 54.6 Å². The van der Waals surface area contributed by atoms with Crippen LogP contribution in [-0.4, -0.2) is 29.4 Å². The van der Waals surface area contributed by atoms with E-state index in [0.717, 1.165) is 34.0 Å². The van der Waals surface area contributed by atoms with Crippen LogP contribution < -0.4 is 4.74 Å². The summed E-state index contributed by atoms with van der Waals surface area (Å²) in [4.78, 5) is 11.8. The number of aryl methyl sites for hydroxylation is 2. The van der Waals surface area contributed by atoms with Gasteiger partial charge in [-0.05, 0) is 86.0 Å². The smallest absolute Gasteiger partial charge is 0.306 e. The normalized spacial score (nSPS) is 10.7. The lowest BCUT2D eigenvalue weighted by Crippen LogP contribution is -2.09. The Kier molecular flexibility index (Phi) is 6.04. The maximum Gasteiger partial charge on any atom is 0.306 e. The summed E-state index contributed by atoms with van der Waals surface area (Å²) in [7, 11) is 1.64. The molecule has 0 atom stereocenters. The molecule has 0 saturated heterocycles. The number of esters is 1. The van der Waals surface area contributed by atoms with Gasteiger partial charge in [0, 0.05) is 11.4 Å². The highest BCUT2D eigenvalue weighted by Gasteiger charge is 2.15. The summed E-state index contributed by atoms with van der Waals surface area (Å²) in [5, 5.41) is 9.80. The molecule has 0 bridgehead atoms. The first-order valence-corrected chi connectivity index (χ1v) is 9.34. The van der Waals surface area contributed by atoms with Gasteiger partial charge in [0.1, 0.15) is 11.5 Å². The minimum absolute atomic E-state index is 0.205. The molecular formula is C23H25NO4. The highest BCUT2D eigenvalue weighted by Crippen LogP contribution is 2.31. The maximum absolute atomic E-state index is 11.8. The number of phenols is 1. The lowest BCUT2D eigenvalue weighted by Gasteiger charge is -2.17. The van der Waals surface area contributed by atoms with Crippen LogP contribution in [0.5, 0.6) is 11.5 Å². The highest BCUT2D eigenvalue weighted by molar-refractivity contribution is 5.70. The minimum atomic E-state index is -0.205. The zero-order valence-corrected chi connectivity index (χ0v) is 16.4. The van der Waals surface area contributed by atoms with Crippen LogP contribution in [0.3, 0.4) is 0 Å². The Morgan fingerprint density at radius 1 is 1.07 bits per heavy atom. The summed E-state index contributed by atoms with van der Waals surface area (Å²) in [5.74, 6) is 0.821. The number of hydrogen-bond donors (Lipinski definition) is 1. The van der Waals surface area contributed by atoms with Gasteiger partial charge in [0.25, 0.3) is 0 Å². The highest BCUT2D eigenvalue weighted by atomic mass is 16.5. The second-order valence-electron chi connectivity index (χ2n) is 6.55. The van der Waals surface area contributed by atoms with Crippen molar-refractivity contribution >= 4 is 5.97 Å². The Hall–Kier alpha value is -3.21. The second-order valence-corrected chi connectivity index (χ2v) is 6.55. The molecule has 0 aliphatic rings. The van der Waals surface area contributed by atoms with Crippen LogP contribution in [0.1, 0.15) is 24.6 Å². The van der Waals surface area contributed by atoms with Gasteiger partial charge in [-0.15, -0.1) is 0 Å². The molecule has 28 heavy (non-hydrogen) atoms. The van der Waals surface area contributed by atoms with Crippen molar-refractivity contribution in [3.05, 3.63) is 65.9 Å². The molecule has 5 nitrogen and oxygen atoms in total. The van der Waals surface area contributed by atoms with Crippen molar-refractivity contribution in [2.24, 2.45) is 0 Å². The third-order valence-electron chi connectivity index (χ3n) is 4.66. The summed E-state index contributed by atoms with van der Waals surface area (Å²) >= 11 is 0. The summed E-state index contributed by atoms with van der Waals surface area (Å²) in [6.07, 6.45) is 0.881. The number of phenolic OH excluding ortho intramolecular Hbond substituents is 1. The Morgan fingerprint density at radius 3 is 2.46 bits per heavy atom. The zero-order chi connectivity index (χ0) is 20.1. The first-order valence-electron chi connectivity index (χ1n) is 9.34. The van der Waals surface area contributed by atoms with Crippen molar-refractivity contribution in [1.82, 2.24) is 4.57 Å². The van der Waals surface area contributed by atoms with Gasteiger partial charge in [0.2, 0.25) is 0 Å². The number of benzene rings is 2. The third kappa shape index (κ3) is 4.19. The molecule has 1 aromatic heterocycles. The van der Waals surface area contributed by atoms with Crippen LogP contribution in [-0.2, 0) is 16.0 Å². The molecule has 3 aromatic rings. The molecule has 1 heterocycles. The number of aromatic hydroxyl groups is 1. The van der Waals surface area contributed by atoms with E-state index < -0.39 is 0 Å². The van der Waals surface area contributed by atoms with Crippen molar-refractivity contribution < 1.29 is 19.4 Å². The molecule has 1 N–H and O–H groups in total. The van der Waals surface area contributed by atoms with Crippen molar-refractivity contribution in [3.63, 3.8) is 0 Å². The Balaban J connectivity index is 2.05. The lowest BCUT2D eigenvalue weighted by molar-refractivity contribution is -0.143. The van der Waals surface area contributed by atoms with Crippen molar-refractivity contribution in [2.75, 3.05) is 13.7 Å². The van der Waals surface area contributed by atoms with Crippen LogP contribution in [0, 0.1) is 6.92 Å². The molecule has 0 unspecified atom stereocenters. The first kappa shape index (κ1) is 19.5. The van der Waals surface area contributed by atoms with Gasteiger partial charge in [0.05, 0.1) is 25.8 Å². The Labute approximate surface area is 165 Å². The number of carbonyl (C=O) groups is 1. The maximum atomic E-state index is 11.8. The molecular weight excluding hydrogens is 354 g/mol.